The summed E-state index contributed by atoms with van der Waals surface area (Å²) in [6.45, 7) is 8.13. The summed E-state index contributed by atoms with van der Waals surface area (Å²) in [5, 5.41) is 3.51. The minimum absolute atomic E-state index is 0.832. The summed E-state index contributed by atoms with van der Waals surface area (Å²) in [5.74, 6) is 0.832. The lowest BCUT2D eigenvalue weighted by Crippen LogP contribution is -2.26. The average Bonchev–Trinajstić information content (AvgIpc) is 2.90. The van der Waals surface area contributed by atoms with Crippen LogP contribution in [-0.2, 0) is 6.54 Å². The van der Waals surface area contributed by atoms with E-state index in [0.29, 0.717) is 0 Å². The molecule has 1 N–H and O–H groups in total. The molecule has 0 amide bonds. The molecule has 1 aromatic rings. The zero-order chi connectivity index (χ0) is 11.2. The molecule has 0 aliphatic carbocycles. The highest BCUT2D eigenvalue weighted by Gasteiger charge is 2.20. The minimum Gasteiger partial charge on any atom is -0.472 e. The molecule has 16 heavy (non-hydrogen) atoms. The van der Waals surface area contributed by atoms with E-state index in [1.54, 1.807) is 6.26 Å². The highest BCUT2D eigenvalue weighted by molar-refractivity contribution is 5.04. The first-order chi connectivity index (χ1) is 7.88. The largest absolute Gasteiger partial charge is 0.472 e. The van der Waals surface area contributed by atoms with E-state index in [1.165, 1.54) is 38.0 Å². The monoisotopic (exact) mass is 222 g/mol. The fraction of sp³-hybridized carbons (Fsp3) is 0.692. The minimum atomic E-state index is 0.832. The van der Waals surface area contributed by atoms with Crippen LogP contribution in [0.15, 0.2) is 23.0 Å². The highest BCUT2D eigenvalue weighted by atomic mass is 16.3. The second-order valence-electron chi connectivity index (χ2n) is 4.72. The lowest BCUT2D eigenvalue weighted by Gasteiger charge is -2.14. The maximum Gasteiger partial charge on any atom is 0.0947 e. The van der Waals surface area contributed by atoms with Crippen molar-refractivity contribution in [2.45, 2.75) is 26.3 Å². The van der Waals surface area contributed by atoms with Crippen LogP contribution in [0.3, 0.4) is 0 Å². The third kappa shape index (κ3) is 3.35. The molecule has 90 valence electrons. The van der Waals surface area contributed by atoms with Crippen molar-refractivity contribution in [1.82, 2.24) is 10.2 Å². The Morgan fingerprint density at radius 1 is 1.56 bits per heavy atom. The van der Waals surface area contributed by atoms with Gasteiger partial charge in [0.2, 0.25) is 0 Å². The number of nitrogens with zero attached hydrogens (tertiary/aromatic N) is 1. The molecule has 1 saturated heterocycles. The molecule has 3 heteroatoms. The summed E-state index contributed by atoms with van der Waals surface area (Å²) in [7, 11) is 0. The van der Waals surface area contributed by atoms with Gasteiger partial charge in [0, 0.05) is 18.7 Å². The summed E-state index contributed by atoms with van der Waals surface area (Å²) in [6.07, 6.45) is 6.16. The van der Waals surface area contributed by atoms with Crippen molar-refractivity contribution in [2.75, 3.05) is 26.2 Å². The van der Waals surface area contributed by atoms with E-state index < -0.39 is 0 Å². The van der Waals surface area contributed by atoms with Crippen molar-refractivity contribution in [3.05, 3.63) is 24.2 Å². The van der Waals surface area contributed by atoms with Crippen molar-refractivity contribution in [2.24, 2.45) is 5.92 Å². The van der Waals surface area contributed by atoms with E-state index in [0.717, 1.165) is 19.0 Å². The molecule has 1 aliphatic heterocycles. The molecule has 1 aliphatic rings. The van der Waals surface area contributed by atoms with Gasteiger partial charge in [0.1, 0.15) is 0 Å². The van der Waals surface area contributed by atoms with Crippen molar-refractivity contribution in [3.8, 4) is 0 Å². The number of likely N-dealkylation sites (tertiary alicyclic amines) is 1. The predicted molar refractivity (Wildman–Crippen MR) is 65.3 cm³/mol. The van der Waals surface area contributed by atoms with Crippen LogP contribution in [-0.4, -0.2) is 31.1 Å². The summed E-state index contributed by atoms with van der Waals surface area (Å²) < 4.78 is 5.04. The van der Waals surface area contributed by atoms with Crippen molar-refractivity contribution < 1.29 is 4.42 Å². The third-order valence-electron chi connectivity index (χ3n) is 3.25. The van der Waals surface area contributed by atoms with Gasteiger partial charge in [-0.2, -0.15) is 0 Å². The predicted octanol–water partition coefficient (Wildman–Crippen LogP) is 2.10. The zero-order valence-electron chi connectivity index (χ0n) is 10.1. The van der Waals surface area contributed by atoms with Crippen LogP contribution in [0.25, 0.3) is 0 Å². The number of furan rings is 1. The number of hydrogen-bond acceptors (Lipinski definition) is 3. The van der Waals surface area contributed by atoms with Gasteiger partial charge in [-0.15, -0.1) is 0 Å². The van der Waals surface area contributed by atoms with E-state index in [9.17, 15) is 0 Å². The SMILES string of the molecule is CCCN1CCC(CNCc2ccoc2)C1. The fourth-order valence-electron chi connectivity index (χ4n) is 2.41. The molecule has 1 atom stereocenters. The Hall–Kier alpha value is -0.800. The van der Waals surface area contributed by atoms with Crippen LogP contribution in [0.4, 0.5) is 0 Å². The number of rotatable bonds is 6. The van der Waals surface area contributed by atoms with Gasteiger partial charge in [0.15, 0.2) is 0 Å². The van der Waals surface area contributed by atoms with Crippen molar-refractivity contribution in [3.63, 3.8) is 0 Å². The Kier molecular flexibility index (Phi) is 4.43. The molecule has 2 heterocycles. The Bertz CT molecular complexity index is 284. The van der Waals surface area contributed by atoms with Crippen LogP contribution in [0.5, 0.6) is 0 Å². The van der Waals surface area contributed by atoms with Gasteiger partial charge < -0.3 is 14.6 Å². The first kappa shape index (κ1) is 11.7. The van der Waals surface area contributed by atoms with Gasteiger partial charge in [-0.3, -0.25) is 0 Å². The van der Waals surface area contributed by atoms with E-state index in [4.69, 9.17) is 4.42 Å². The summed E-state index contributed by atoms with van der Waals surface area (Å²) in [5.41, 5.74) is 1.24. The van der Waals surface area contributed by atoms with E-state index in [-0.39, 0.29) is 0 Å². The molecular weight excluding hydrogens is 200 g/mol. The van der Waals surface area contributed by atoms with Crippen LogP contribution in [0.1, 0.15) is 25.3 Å². The zero-order valence-corrected chi connectivity index (χ0v) is 10.1. The smallest absolute Gasteiger partial charge is 0.0947 e. The normalized spacial score (nSPS) is 21.7. The first-order valence-electron chi connectivity index (χ1n) is 6.32. The molecule has 1 fully saturated rings. The van der Waals surface area contributed by atoms with E-state index >= 15 is 0 Å². The first-order valence-corrected chi connectivity index (χ1v) is 6.32. The summed E-state index contributed by atoms with van der Waals surface area (Å²) >= 11 is 0. The van der Waals surface area contributed by atoms with Gasteiger partial charge in [0.25, 0.3) is 0 Å². The molecule has 0 spiro atoms. The van der Waals surface area contributed by atoms with Crippen LogP contribution < -0.4 is 5.32 Å². The second kappa shape index (κ2) is 6.06. The Morgan fingerprint density at radius 3 is 3.25 bits per heavy atom. The van der Waals surface area contributed by atoms with Crippen LogP contribution in [0.2, 0.25) is 0 Å². The topological polar surface area (TPSA) is 28.4 Å². The Balaban J connectivity index is 1.60. The molecule has 1 unspecified atom stereocenters. The molecule has 0 aromatic carbocycles. The van der Waals surface area contributed by atoms with E-state index in [1.807, 2.05) is 12.3 Å². The Morgan fingerprint density at radius 2 is 2.50 bits per heavy atom. The lowest BCUT2D eigenvalue weighted by atomic mass is 10.1. The summed E-state index contributed by atoms with van der Waals surface area (Å²) in [4.78, 5) is 2.57. The van der Waals surface area contributed by atoms with E-state index in [2.05, 4.69) is 17.1 Å². The van der Waals surface area contributed by atoms with Crippen molar-refractivity contribution in [1.29, 1.82) is 0 Å². The molecular formula is C13H22N2O. The van der Waals surface area contributed by atoms with Gasteiger partial charge in [0.05, 0.1) is 12.5 Å². The standard InChI is InChI=1S/C13H22N2O/c1-2-5-15-6-3-12(10-15)8-14-9-13-4-7-16-11-13/h4,7,11-12,14H,2-3,5-6,8-10H2,1H3. The molecule has 0 bridgehead atoms. The van der Waals surface area contributed by atoms with Crippen LogP contribution in [0, 0.1) is 5.92 Å². The molecule has 1 aromatic heterocycles. The van der Waals surface area contributed by atoms with Gasteiger partial charge in [-0.05, 0) is 44.5 Å². The van der Waals surface area contributed by atoms with Gasteiger partial charge in [-0.25, -0.2) is 0 Å². The quantitative estimate of drug-likeness (QED) is 0.799. The Labute approximate surface area is 97.8 Å². The molecule has 2 rings (SSSR count). The fourth-order valence-corrected chi connectivity index (χ4v) is 2.41. The maximum absolute atomic E-state index is 5.04. The highest BCUT2D eigenvalue weighted by Crippen LogP contribution is 2.15. The number of hydrogen-bond donors (Lipinski definition) is 1. The molecule has 3 nitrogen and oxygen atoms in total. The summed E-state index contributed by atoms with van der Waals surface area (Å²) in [6, 6.07) is 2.02. The molecule has 0 saturated carbocycles. The average molecular weight is 222 g/mol. The second-order valence-corrected chi connectivity index (χ2v) is 4.72. The lowest BCUT2D eigenvalue weighted by molar-refractivity contribution is 0.322. The maximum atomic E-state index is 5.04. The molecule has 0 radical (unpaired) electrons. The van der Waals surface area contributed by atoms with Gasteiger partial charge in [-0.1, -0.05) is 6.92 Å². The van der Waals surface area contributed by atoms with Crippen LogP contribution >= 0.6 is 0 Å². The van der Waals surface area contributed by atoms with Gasteiger partial charge >= 0.3 is 0 Å². The number of nitrogens with one attached hydrogen (secondary N) is 1. The third-order valence-corrected chi connectivity index (χ3v) is 3.25. The van der Waals surface area contributed by atoms with Crippen molar-refractivity contribution >= 4 is 0 Å².